The Labute approximate surface area is 125 Å². The van der Waals surface area contributed by atoms with Crippen molar-refractivity contribution in [2.24, 2.45) is 0 Å². The summed E-state index contributed by atoms with van der Waals surface area (Å²) in [6, 6.07) is 11.0. The molecule has 0 aliphatic rings. The van der Waals surface area contributed by atoms with Gasteiger partial charge in [-0.2, -0.15) is 0 Å². The van der Waals surface area contributed by atoms with Gasteiger partial charge in [0.05, 0.1) is 4.47 Å². The molecule has 1 N–H and O–H groups in total. The van der Waals surface area contributed by atoms with E-state index in [1.54, 1.807) is 24.3 Å². The molecule has 4 heteroatoms. The smallest absolute Gasteiger partial charge is 0.145 e. The highest BCUT2D eigenvalue weighted by Crippen LogP contribution is 2.32. The van der Waals surface area contributed by atoms with E-state index in [0.29, 0.717) is 15.1 Å². The zero-order valence-electron chi connectivity index (χ0n) is 10.7. The van der Waals surface area contributed by atoms with Crippen molar-refractivity contribution in [2.45, 2.75) is 13.0 Å². The van der Waals surface area contributed by atoms with E-state index in [9.17, 15) is 4.39 Å². The highest BCUT2D eigenvalue weighted by Gasteiger charge is 2.12. The third-order valence-corrected chi connectivity index (χ3v) is 4.10. The van der Waals surface area contributed by atoms with Crippen LogP contribution in [0.3, 0.4) is 0 Å². The molecule has 1 unspecified atom stereocenters. The average molecular weight is 343 g/mol. The predicted octanol–water partition coefficient (Wildman–Crippen LogP) is 5.19. The van der Waals surface area contributed by atoms with Crippen molar-refractivity contribution in [3.05, 3.63) is 57.3 Å². The van der Waals surface area contributed by atoms with Crippen LogP contribution in [0.15, 0.2) is 40.9 Å². The summed E-state index contributed by atoms with van der Waals surface area (Å²) in [6.45, 7) is 2.03. The molecule has 1 atom stereocenters. The minimum absolute atomic E-state index is 0.161. The monoisotopic (exact) mass is 341 g/mol. The summed E-state index contributed by atoms with van der Waals surface area (Å²) in [6.07, 6.45) is 0. The van der Waals surface area contributed by atoms with E-state index in [-0.39, 0.29) is 11.9 Å². The van der Waals surface area contributed by atoms with Crippen molar-refractivity contribution in [1.29, 1.82) is 0 Å². The predicted molar refractivity (Wildman–Crippen MR) is 82.0 cm³/mol. The molecule has 0 spiro atoms. The SMILES string of the molecule is CNC(C)c1ccc(-c2cccc(Br)c2F)cc1Cl. The van der Waals surface area contributed by atoms with Gasteiger partial charge < -0.3 is 5.32 Å². The zero-order chi connectivity index (χ0) is 14.0. The Hall–Kier alpha value is -0.900. The Balaban J connectivity index is 2.48. The molecule has 0 aliphatic heterocycles. The standard InChI is InChI=1S/C15H14BrClFN/c1-9(19-2)11-7-6-10(8-14(11)17)12-4-3-5-13(16)15(12)18/h3-9,19H,1-2H3. The van der Waals surface area contributed by atoms with Crippen LogP contribution in [0, 0.1) is 5.82 Å². The summed E-state index contributed by atoms with van der Waals surface area (Å²) in [5.41, 5.74) is 2.32. The Morgan fingerprint density at radius 3 is 2.63 bits per heavy atom. The lowest BCUT2D eigenvalue weighted by Gasteiger charge is -2.14. The fourth-order valence-electron chi connectivity index (χ4n) is 1.93. The Morgan fingerprint density at radius 1 is 1.26 bits per heavy atom. The molecule has 0 amide bonds. The number of nitrogens with one attached hydrogen (secondary N) is 1. The molecule has 0 saturated carbocycles. The maximum absolute atomic E-state index is 14.0. The molecule has 0 saturated heterocycles. The molecular weight excluding hydrogens is 329 g/mol. The van der Waals surface area contributed by atoms with Gasteiger partial charge in [-0.1, -0.05) is 35.9 Å². The molecule has 0 radical (unpaired) electrons. The fraction of sp³-hybridized carbons (Fsp3) is 0.200. The van der Waals surface area contributed by atoms with Gasteiger partial charge in [0, 0.05) is 16.6 Å². The third kappa shape index (κ3) is 2.99. The van der Waals surface area contributed by atoms with Crippen LogP contribution in [0.5, 0.6) is 0 Å². The summed E-state index contributed by atoms with van der Waals surface area (Å²) in [4.78, 5) is 0. The quantitative estimate of drug-likeness (QED) is 0.809. The normalized spacial score (nSPS) is 12.5. The van der Waals surface area contributed by atoms with Gasteiger partial charge in [0.2, 0.25) is 0 Å². The van der Waals surface area contributed by atoms with Crippen molar-refractivity contribution < 1.29 is 4.39 Å². The molecule has 2 aromatic carbocycles. The molecule has 0 fully saturated rings. The second-order valence-corrected chi connectivity index (χ2v) is 5.61. The molecule has 1 nitrogen and oxygen atoms in total. The number of rotatable bonds is 3. The molecule has 100 valence electrons. The summed E-state index contributed by atoms with van der Waals surface area (Å²) in [7, 11) is 1.88. The van der Waals surface area contributed by atoms with E-state index in [0.717, 1.165) is 11.1 Å². The van der Waals surface area contributed by atoms with Crippen LogP contribution in [-0.2, 0) is 0 Å². The van der Waals surface area contributed by atoms with Gasteiger partial charge >= 0.3 is 0 Å². The zero-order valence-corrected chi connectivity index (χ0v) is 13.0. The van der Waals surface area contributed by atoms with Gasteiger partial charge in [-0.05, 0) is 53.2 Å². The maximum atomic E-state index is 14.0. The number of benzene rings is 2. The van der Waals surface area contributed by atoms with Gasteiger partial charge in [0.25, 0.3) is 0 Å². The van der Waals surface area contributed by atoms with E-state index in [2.05, 4.69) is 21.2 Å². The molecule has 2 rings (SSSR count). The topological polar surface area (TPSA) is 12.0 Å². The molecule has 0 aliphatic carbocycles. The lowest BCUT2D eigenvalue weighted by Crippen LogP contribution is -2.12. The molecule has 0 aromatic heterocycles. The number of halogens is 3. The first-order valence-electron chi connectivity index (χ1n) is 5.95. The van der Waals surface area contributed by atoms with Crippen LogP contribution in [0.1, 0.15) is 18.5 Å². The molecule has 0 bridgehead atoms. The van der Waals surface area contributed by atoms with Crippen molar-refractivity contribution in [3.63, 3.8) is 0 Å². The van der Waals surface area contributed by atoms with Crippen LogP contribution >= 0.6 is 27.5 Å². The van der Waals surface area contributed by atoms with Crippen molar-refractivity contribution in [2.75, 3.05) is 7.05 Å². The van der Waals surface area contributed by atoms with Gasteiger partial charge in [-0.3, -0.25) is 0 Å². The fourth-order valence-corrected chi connectivity index (χ4v) is 2.64. The average Bonchev–Trinajstić information content (AvgIpc) is 2.41. The minimum atomic E-state index is -0.270. The van der Waals surface area contributed by atoms with Gasteiger partial charge in [0.15, 0.2) is 0 Å². The first-order valence-corrected chi connectivity index (χ1v) is 7.12. The van der Waals surface area contributed by atoms with Crippen LogP contribution in [0.25, 0.3) is 11.1 Å². The van der Waals surface area contributed by atoms with E-state index in [1.165, 1.54) is 0 Å². The summed E-state index contributed by atoms with van der Waals surface area (Å²) in [5.74, 6) is -0.270. The first kappa shape index (κ1) is 14.5. The molecule has 2 aromatic rings. The van der Waals surface area contributed by atoms with Crippen LogP contribution < -0.4 is 5.32 Å². The second kappa shape index (κ2) is 6.04. The third-order valence-electron chi connectivity index (χ3n) is 3.16. The second-order valence-electron chi connectivity index (χ2n) is 4.35. The summed E-state index contributed by atoms with van der Waals surface area (Å²) in [5, 5.41) is 3.77. The highest BCUT2D eigenvalue weighted by molar-refractivity contribution is 9.10. The summed E-state index contributed by atoms with van der Waals surface area (Å²) >= 11 is 9.46. The van der Waals surface area contributed by atoms with Crippen LogP contribution in [-0.4, -0.2) is 7.05 Å². The first-order chi connectivity index (χ1) is 9.04. The molecular formula is C15H14BrClFN. The van der Waals surface area contributed by atoms with Gasteiger partial charge in [-0.15, -0.1) is 0 Å². The van der Waals surface area contributed by atoms with E-state index < -0.39 is 0 Å². The maximum Gasteiger partial charge on any atom is 0.145 e. The molecule has 0 heterocycles. The van der Waals surface area contributed by atoms with Gasteiger partial charge in [-0.25, -0.2) is 4.39 Å². The highest BCUT2D eigenvalue weighted by atomic mass is 79.9. The lowest BCUT2D eigenvalue weighted by atomic mass is 10.0. The minimum Gasteiger partial charge on any atom is -0.313 e. The number of hydrogen-bond donors (Lipinski definition) is 1. The van der Waals surface area contributed by atoms with E-state index in [4.69, 9.17) is 11.6 Å². The van der Waals surface area contributed by atoms with E-state index >= 15 is 0 Å². The van der Waals surface area contributed by atoms with Crippen LogP contribution in [0.2, 0.25) is 5.02 Å². The summed E-state index contributed by atoms with van der Waals surface area (Å²) < 4.78 is 14.5. The van der Waals surface area contributed by atoms with Crippen LogP contribution in [0.4, 0.5) is 4.39 Å². The Morgan fingerprint density at radius 2 is 2.00 bits per heavy atom. The largest absolute Gasteiger partial charge is 0.313 e. The lowest BCUT2D eigenvalue weighted by molar-refractivity contribution is 0.624. The Kier molecular flexibility index (Phi) is 4.61. The van der Waals surface area contributed by atoms with Crippen molar-refractivity contribution >= 4 is 27.5 Å². The van der Waals surface area contributed by atoms with Crippen molar-refractivity contribution in [3.8, 4) is 11.1 Å². The van der Waals surface area contributed by atoms with Gasteiger partial charge in [0.1, 0.15) is 5.82 Å². The number of hydrogen-bond acceptors (Lipinski definition) is 1. The van der Waals surface area contributed by atoms with E-state index in [1.807, 2.05) is 26.1 Å². The molecule has 19 heavy (non-hydrogen) atoms. The van der Waals surface area contributed by atoms with Crippen molar-refractivity contribution in [1.82, 2.24) is 5.32 Å². The Bertz CT molecular complexity index is 601.